The number of benzene rings is 1. The Hall–Kier alpha value is -3.48. The highest BCUT2D eigenvalue weighted by molar-refractivity contribution is 5.95. The van der Waals surface area contributed by atoms with Gasteiger partial charge in [0.1, 0.15) is 23.9 Å². The number of piperidine rings is 1. The van der Waals surface area contributed by atoms with E-state index >= 15 is 0 Å². The molecule has 1 unspecified atom stereocenters. The number of hydrogen-bond acceptors (Lipinski definition) is 5. The molecule has 2 aliphatic carbocycles. The lowest BCUT2D eigenvalue weighted by molar-refractivity contribution is -0.145. The number of nitriles is 1. The van der Waals surface area contributed by atoms with Crippen LogP contribution in [0.3, 0.4) is 0 Å². The van der Waals surface area contributed by atoms with E-state index in [1.165, 1.54) is 6.07 Å². The number of nitrogens with zero attached hydrogens (tertiary/aromatic N) is 2. The maximum absolute atomic E-state index is 14.3. The molecule has 220 valence electrons. The molecule has 10 heteroatoms. The monoisotopic (exact) mass is 565 g/mol. The first-order valence-corrected chi connectivity index (χ1v) is 14.6. The maximum atomic E-state index is 14.3. The highest BCUT2D eigenvalue weighted by Gasteiger charge is 2.70. The van der Waals surface area contributed by atoms with Gasteiger partial charge in [0.05, 0.1) is 6.07 Å². The summed E-state index contributed by atoms with van der Waals surface area (Å²) < 4.78 is 14.3. The minimum Gasteiger partial charge on any atom is -0.356 e. The van der Waals surface area contributed by atoms with Crippen LogP contribution in [0.15, 0.2) is 24.3 Å². The predicted molar refractivity (Wildman–Crippen MR) is 148 cm³/mol. The van der Waals surface area contributed by atoms with Gasteiger partial charge in [-0.05, 0) is 59.5 Å². The van der Waals surface area contributed by atoms with Gasteiger partial charge in [-0.25, -0.2) is 4.39 Å². The van der Waals surface area contributed by atoms with Crippen molar-refractivity contribution in [3.8, 4) is 6.07 Å². The predicted octanol–water partition coefficient (Wildman–Crippen LogP) is 2.48. The first-order chi connectivity index (χ1) is 19.3. The van der Waals surface area contributed by atoms with Crippen LogP contribution in [0.25, 0.3) is 0 Å². The molecule has 2 saturated carbocycles. The third-order valence-corrected chi connectivity index (χ3v) is 9.75. The molecule has 2 saturated heterocycles. The fraction of sp³-hybridized carbons (Fsp3) is 0.645. The van der Waals surface area contributed by atoms with E-state index in [0.29, 0.717) is 31.5 Å². The number of rotatable bonds is 8. The summed E-state index contributed by atoms with van der Waals surface area (Å²) in [4.78, 5) is 54.7. The van der Waals surface area contributed by atoms with E-state index in [4.69, 9.17) is 0 Å². The normalized spacial score (nSPS) is 30.9. The SMILES string of the molecule is CC(C)(C)C(NC(=O)[C@@H]1C[C@H]1c1ccccc1F)C(=O)N1C[C@H]2[C@@H]([C@H]1C(=O)N[C@H](C#N)C[C@@H]1CCNC1=O)C2(C)C. The molecule has 4 fully saturated rings. The van der Waals surface area contributed by atoms with Crippen molar-refractivity contribution in [1.29, 1.82) is 5.26 Å². The Morgan fingerprint density at radius 1 is 1.20 bits per heavy atom. The molecule has 41 heavy (non-hydrogen) atoms. The van der Waals surface area contributed by atoms with Crippen molar-refractivity contribution < 1.29 is 23.6 Å². The highest BCUT2D eigenvalue weighted by Crippen LogP contribution is 2.65. The number of carbonyl (C=O) groups is 4. The van der Waals surface area contributed by atoms with Gasteiger partial charge in [-0.3, -0.25) is 19.2 Å². The molecule has 0 spiro atoms. The lowest BCUT2D eigenvalue weighted by atomic mass is 9.85. The molecule has 1 aromatic rings. The van der Waals surface area contributed by atoms with Gasteiger partial charge in [0, 0.05) is 24.9 Å². The van der Waals surface area contributed by atoms with Gasteiger partial charge in [0.25, 0.3) is 0 Å². The molecule has 2 aliphatic heterocycles. The third kappa shape index (κ3) is 5.43. The van der Waals surface area contributed by atoms with Crippen molar-refractivity contribution in [1.82, 2.24) is 20.9 Å². The fourth-order valence-electron chi connectivity index (χ4n) is 7.04. The molecule has 4 amide bonds. The van der Waals surface area contributed by atoms with E-state index in [9.17, 15) is 28.8 Å². The number of nitrogens with one attached hydrogen (secondary N) is 3. The Kier molecular flexibility index (Phi) is 7.37. The first-order valence-electron chi connectivity index (χ1n) is 14.6. The Morgan fingerprint density at radius 2 is 1.90 bits per heavy atom. The van der Waals surface area contributed by atoms with Crippen LogP contribution in [0.4, 0.5) is 4.39 Å². The quantitative estimate of drug-likeness (QED) is 0.446. The van der Waals surface area contributed by atoms with E-state index < -0.39 is 35.4 Å². The second kappa shape index (κ2) is 10.4. The molecule has 3 N–H and O–H groups in total. The van der Waals surface area contributed by atoms with Crippen molar-refractivity contribution in [2.24, 2.45) is 34.5 Å². The molecule has 0 bridgehead atoms. The average Bonchev–Trinajstić information content (AvgIpc) is 3.65. The summed E-state index contributed by atoms with van der Waals surface area (Å²) in [5, 5.41) is 18.3. The summed E-state index contributed by atoms with van der Waals surface area (Å²) in [6.07, 6.45) is 1.35. The van der Waals surface area contributed by atoms with Crippen LogP contribution in [0.1, 0.15) is 65.4 Å². The van der Waals surface area contributed by atoms with Gasteiger partial charge in [-0.15, -0.1) is 0 Å². The lowest BCUT2D eigenvalue weighted by Crippen LogP contribution is -2.60. The minimum atomic E-state index is -0.887. The summed E-state index contributed by atoms with van der Waals surface area (Å²) >= 11 is 0. The van der Waals surface area contributed by atoms with E-state index in [2.05, 4.69) is 35.9 Å². The number of amides is 4. The van der Waals surface area contributed by atoms with E-state index in [1.807, 2.05) is 20.8 Å². The number of hydrogen-bond donors (Lipinski definition) is 3. The number of halogens is 1. The Bertz CT molecular complexity index is 1300. The van der Waals surface area contributed by atoms with Crippen LogP contribution in [-0.4, -0.2) is 59.7 Å². The summed E-state index contributed by atoms with van der Waals surface area (Å²) in [5.41, 5.74) is -0.274. The smallest absolute Gasteiger partial charge is 0.246 e. The largest absolute Gasteiger partial charge is 0.356 e. The molecule has 0 aromatic heterocycles. The molecule has 5 rings (SSSR count). The number of fused-ring (bicyclic) bond motifs is 1. The standard InChI is InChI=1S/C31H40FN5O4/c1-30(2,3)25(36-27(39)20-13-19(20)18-8-6-7-9-22(18)32)29(41)37-15-21-23(31(21,4)5)24(37)28(40)35-17(14-33)12-16-10-11-34-26(16)38/h6-9,16-17,19-21,23-25H,10-13,15H2,1-5H3,(H,34,38)(H,35,40)(H,36,39)/t16-,17-,19-,20+,21-,23-,24-,25?/m0/s1. The van der Waals surface area contributed by atoms with Gasteiger partial charge >= 0.3 is 0 Å². The average molecular weight is 566 g/mol. The Balaban J connectivity index is 1.30. The van der Waals surface area contributed by atoms with Crippen molar-refractivity contribution in [2.75, 3.05) is 13.1 Å². The number of carbonyl (C=O) groups excluding carboxylic acids is 4. The molecular formula is C31H40FN5O4. The molecule has 0 radical (unpaired) electrons. The molecule has 2 heterocycles. The molecule has 4 aliphatic rings. The highest BCUT2D eigenvalue weighted by atomic mass is 19.1. The van der Waals surface area contributed by atoms with Gasteiger partial charge in [-0.1, -0.05) is 52.8 Å². The second-order valence-electron chi connectivity index (χ2n) is 13.9. The molecular weight excluding hydrogens is 525 g/mol. The zero-order valence-electron chi connectivity index (χ0n) is 24.4. The Labute approximate surface area is 240 Å². The van der Waals surface area contributed by atoms with E-state index in [-0.39, 0.29) is 59.0 Å². The summed E-state index contributed by atoms with van der Waals surface area (Å²) in [6.45, 7) is 10.7. The van der Waals surface area contributed by atoms with Crippen LogP contribution >= 0.6 is 0 Å². The summed E-state index contributed by atoms with van der Waals surface area (Å²) in [6, 6.07) is 6.04. The third-order valence-electron chi connectivity index (χ3n) is 9.75. The van der Waals surface area contributed by atoms with Gasteiger partial charge in [0.2, 0.25) is 23.6 Å². The van der Waals surface area contributed by atoms with E-state index in [0.717, 1.165) is 0 Å². The topological polar surface area (TPSA) is 131 Å². The fourth-order valence-corrected chi connectivity index (χ4v) is 7.04. The molecule has 1 aromatic carbocycles. The molecule has 9 nitrogen and oxygen atoms in total. The minimum absolute atomic E-state index is 0.0641. The molecule has 8 atom stereocenters. The van der Waals surface area contributed by atoms with Crippen LogP contribution in [0, 0.1) is 51.6 Å². The lowest BCUT2D eigenvalue weighted by Gasteiger charge is -2.38. The zero-order chi connectivity index (χ0) is 29.9. The van der Waals surface area contributed by atoms with Crippen LogP contribution in [0.2, 0.25) is 0 Å². The van der Waals surface area contributed by atoms with Crippen molar-refractivity contribution in [3.05, 3.63) is 35.6 Å². The zero-order valence-corrected chi connectivity index (χ0v) is 24.4. The summed E-state index contributed by atoms with van der Waals surface area (Å²) in [7, 11) is 0. The Morgan fingerprint density at radius 3 is 2.51 bits per heavy atom. The second-order valence-corrected chi connectivity index (χ2v) is 13.9. The van der Waals surface area contributed by atoms with Crippen molar-refractivity contribution >= 4 is 23.6 Å². The number of likely N-dealkylation sites (tertiary alicyclic amines) is 1. The van der Waals surface area contributed by atoms with Gasteiger partial charge < -0.3 is 20.9 Å². The van der Waals surface area contributed by atoms with Gasteiger partial charge in [0.15, 0.2) is 0 Å². The van der Waals surface area contributed by atoms with Crippen LogP contribution in [-0.2, 0) is 19.2 Å². The maximum Gasteiger partial charge on any atom is 0.246 e. The van der Waals surface area contributed by atoms with E-state index in [1.54, 1.807) is 23.1 Å². The van der Waals surface area contributed by atoms with Crippen LogP contribution in [0.5, 0.6) is 0 Å². The van der Waals surface area contributed by atoms with Crippen molar-refractivity contribution in [3.63, 3.8) is 0 Å². The van der Waals surface area contributed by atoms with Crippen molar-refractivity contribution in [2.45, 2.75) is 77.9 Å². The van der Waals surface area contributed by atoms with Gasteiger partial charge in [-0.2, -0.15) is 5.26 Å². The first kappa shape index (κ1) is 29.0. The summed E-state index contributed by atoms with van der Waals surface area (Å²) in [5.74, 6) is -2.39. The van der Waals surface area contributed by atoms with Crippen LogP contribution < -0.4 is 16.0 Å².